The normalized spacial score (nSPS) is 16.0. The molecule has 1 aliphatic rings. The van der Waals surface area contributed by atoms with Crippen LogP contribution < -0.4 is 21.7 Å². The van der Waals surface area contributed by atoms with Crippen molar-refractivity contribution in [3.8, 4) is 0 Å². The fourth-order valence-corrected chi connectivity index (χ4v) is 2.23. The minimum atomic E-state index is -0.0898. The van der Waals surface area contributed by atoms with Gasteiger partial charge in [0.25, 0.3) is 5.56 Å². The van der Waals surface area contributed by atoms with Gasteiger partial charge in [-0.1, -0.05) is 0 Å². The number of aromatic nitrogens is 2. The number of nitrogens with two attached hydrogens (primary N) is 1. The van der Waals surface area contributed by atoms with Crippen LogP contribution in [0.2, 0.25) is 0 Å². The minimum Gasteiger partial charge on any atom is -0.391 e. The van der Waals surface area contributed by atoms with Gasteiger partial charge in [0, 0.05) is 26.2 Å². The maximum atomic E-state index is 11.9. The lowest BCUT2D eigenvalue weighted by Gasteiger charge is -2.20. The van der Waals surface area contributed by atoms with Gasteiger partial charge in [0.2, 0.25) is 0 Å². The molecule has 6 nitrogen and oxygen atoms in total. The summed E-state index contributed by atoms with van der Waals surface area (Å²) in [6.07, 6.45) is 1.08. The van der Waals surface area contributed by atoms with E-state index in [0.29, 0.717) is 12.2 Å². The summed E-state index contributed by atoms with van der Waals surface area (Å²) in [5.74, 6) is 0.812. The fourth-order valence-electron chi connectivity index (χ4n) is 2.23. The smallest absolute Gasteiger partial charge is 0.292 e. The van der Waals surface area contributed by atoms with E-state index in [-0.39, 0.29) is 5.56 Å². The fraction of sp³-hybridized carbons (Fsp3) is 0.700. The van der Waals surface area contributed by atoms with Crippen LogP contribution in [0.1, 0.15) is 20.3 Å². The van der Waals surface area contributed by atoms with E-state index in [4.69, 9.17) is 5.73 Å². The van der Waals surface area contributed by atoms with Crippen molar-refractivity contribution in [1.82, 2.24) is 14.8 Å². The molecule has 90 valence electrons. The van der Waals surface area contributed by atoms with Crippen LogP contribution in [-0.2, 0) is 13.1 Å². The predicted molar refractivity (Wildman–Crippen MR) is 64.4 cm³/mol. The molecular formula is C10H19N5O. The van der Waals surface area contributed by atoms with Gasteiger partial charge in [-0.25, -0.2) is 10.1 Å². The molecule has 0 aliphatic carbocycles. The summed E-state index contributed by atoms with van der Waals surface area (Å²) in [7, 11) is 0. The van der Waals surface area contributed by atoms with Gasteiger partial charge in [-0.15, -0.1) is 0 Å². The summed E-state index contributed by atoms with van der Waals surface area (Å²) in [5, 5.41) is 1.98. The minimum absolute atomic E-state index is 0.0898. The topological polar surface area (TPSA) is 68.2 Å². The molecule has 0 radical (unpaired) electrons. The number of nitrogens with one attached hydrogen (secondary N) is 1. The van der Waals surface area contributed by atoms with E-state index in [1.54, 1.807) is 4.68 Å². The van der Waals surface area contributed by atoms with E-state index >= 15 is 0 Å². The van der Waals surface area contributed by atoms with E-state index in [9.17, 15) is 4.79 Å². The number of hydrogen-bond donors (Lipinski definition) is 2. The summed E-state index contributed by atoms with van der Waals surface area (Å²) in [6.45, 7) is 7.20. The second-order valence-electron chi connectivity index (χ2n) is 3.89. The van der Waals surface area contributed by atoms with Crippen molar-refractivity contribution in [3.63, 3.8) is 0 Å². The highest BCUT2D eigenvalue weighted by Crippen LogP contribution is 2.21. The number of rotatable bonds is 3. The average molecular weight is 225 g/mol. The summed E-state index contributed by atoms with van der Waals surface area (Å²) in [4.78, 5) is 11.9. The largest absolute Gasteiger partial charge is 0.391 e. The second-order valence-corrected chi connectivity index (χ2v) is 3.89. The molecule has 6 heteroatoms. The van der Waals surface area contributed by atoms with Crippen LogP contribution in [-0.4, -0.2) is 22.5 Å². The Morgan fingerprint density at radius 1 is 1.31 bits per heavy atom. The van der Waals surface area contributed by atoms with Crippen LogP contribution in [0.3, 0.4) is 0 Å². The standard InChI is InChI=1S/C10H19N5O/c1-3-14-9(13-7-5-6-12-13)8(11)10(16)15(14)4-2/h12H,3-7,11H2,1-2H3. The van der Waals surface area contributed by atoms with Crippen molar-refractivity contribution < 1.29 is 0 Å². The Hall–Kier alpha value is -1.43. The lowest BCUT2D eigenvalue weighted by atomic mass is 10.4. The first kappa shape index (κ1) is 11.1. The van der Waals surface area contributed by atoms with Gasteiger partial charge in [-0.3, -0.25) is 14.5 Å². The SMILES string of the molecule is CCn1c(N2CCCN2)c(N)c(=O)n1CC. The number of anilines is 2. The Balaban J connectivity index is 2.54. The van der Waals surface area contributed by atoms with Crippen LogP contribution in [0.15, 0.2) is 4.79 Å². The van der Waals surface area contributed by atoms with Crippen LogP contribution in [0.4, 0.5) is 11.5 Å². The van der Waals surface area contributed by atoms with Crippen LogP contribution in [0.5, 0.6) is 0 Å². The van der Waals surface area contributed by atoms with Gasteiger partial charge in [-0.2, -0.15) is 0 Å². The van der Waals surface area contributed by atoms with Gasteiger partial charge >= 0.3 is 0 Å². The van der Waals surface area contributed by atoms with Crippen molar-refractivity contribution in [2.75, 3.05) is 23.8 Å². The molecule has 0 spiro atoms. The second kappa shape index (κ2) is 4.21. The van der Waals surface area contributed by atoms with Crippen molar-refractivity contribution in [3.05, 3.63) is 10.4 Å². The van der Waals surface area contributed by atoms with Gasteiger partial charge in [0.15, 0.2) is 5.82 Å². The van der Waals surface area contributed by atoms with E-state index in [1.807, 2.05) is 23.5 Å². The number of hydrazine groups is 1. The lowest BCUT2D eigenvalue weighted by molar-refractivity contribution is 0.472. The summed E-state index contributed by atoms with van der Waals surface area (Å²) in [5.41, 5.74) is 9.39. The highest BCUT2D eigenvalue weighted by atomic mass is 16.1. The molecule has 0 aromatic carbocycles. The third-order valence-electron chi connectivity index (χ3n) is 2.96. The molecule has 1 fully saturated rings. The first-order chi connectivity index (χ1) is 7.70. The molecule has 0 bridgehead atoms. The molecular weight excluding hydrogens is 206 g/mol. The molecule has 0 atom stereocenters. The molecule has 0 unspecified atom stereocenters. The molecule has 1 saturated heterocycles. The number of nitrogen functional groups attached to an aromatic ring is 1. The monoisotopic (exact) mass is 225 g/mol. The molecule has 2 heterocycles. The Labute approximate surface area is 94.6 Å². The van der Waals surface area contributed by atoms with Crippen LogP contribution >= 0.6 is 0 Å². The predicted octanol–water partition coefficient (Wildman–Crippen LogP) is -0.0135. The highest BCUT2D eigenvalue weighted by Gasteiger charge is 2.23. The summed E-state index contributed by atoms with van der Waals surface area (Å²) >= 11 is 0. The Bertz CT molecular complexity index is 427. The van der Waals surface area contributed by atoms with Crippen molar-refractivity contribution in [2.45, 2.75) is 33.4 Å². The Morgan fingerprint density at radius 3 is 2.50 bits per heavy atom. The van der Waals surface area contributed by atoms with Crippen molar-refractivity contribution in [2.24, 2.45) is 0 Å². The van der Waals surface area contributed by atoms with Gasteiger partial charge < -0.3 is 5.73 Å². The molecule has 3 N–H and O–H groups in total. The molecule has 1 aliphatic heterocycles. The van der Waals surface area contributed by atoms with Crippen LogP contribution in [0, 0.1) is 0 Å². The van der Waals surface area contributed by atoms with Gasteiger partial charge in [0.05, 0.1) is 0 Å². The number of nitrogens with zero attached hydrogens (tertiary/aromatic N) is 3. The van der Waals surface area contributed by atoms with Crippen LogP contribution in [0.25, 0.3) is 0 Å². The maximum Gasteiger partial charge on any atom is 0.292 e. The first-order valence-corrected chi connectivity index (χ1v) is 5.80. The molecule has 1 aromatic rings. The quantitative estimate of drug-likeness (QED) is 0.759. The van der Waals surface area contributed by atoms with Crippen molar-refractivity contribution >= 4 is 11.5 Å². The van der Waals surface area contributed by atoms with E-state index in [1.165, 1.54) is 0 Å². The third-order valence-corrected chi connectivity index (χ3v) is 2.96. The molecule has 1 aromatic heterocycles. The highest BCUT2D eigenvalue weighted by molar-refractivity contribution is 5.62. The van der Waals surface area contributed by atoms with Crippen molar-refractivity contribution in [1.29, 1.82) is 0 Å². The molecule has 16 heavy (non-hydrogen) atoms. The maximum absolute atomic E-state index is 11.9. The summed E-state index contributed by atoms with van der Waals surface area (Å²) < 4.78 is 3.63. The molecule has 2 rings (SSSR count). The Morgan fingerprint density at radius 2 is 2.00 bits per heavy atom. The molecule has 0 saturated carbocycles. The first-order valence-electron chi connectivity index (χ1n) is 5.80. The lowest BCUT2D eigenvalue weighted by Crippen LogP contribution is -2.33. The summed E-state index contributed by atoms with van der Waals surface area (Å²) in [6, 6.07) is 0. The zero-order chi connectivity index (χ0) is 11.7. The van der Waals surface area contributed by atoms with E-state index in [2.05, 4.69) is 5.43 Å². The Kier molecular flexibility index (Phi) is 2.91. The molecule has 0 amide bonds. The van der Waals surface area contributed by atoms with E-state index < -0.39 is 0 Å². The zero-order valence-electron chi connectivity index (χ0n) is 9.86. The van der Waals surface area contributed by atoms with Gasteiger partial charge in [0.1, 0.15) is 5.69 Å². The third kappa shape index (κ3) is 1.49. The van der Waals surface area contributed by atoms with E-state index in [0.717, 1.165) is 31.9 Å². The van der Waals surface area contributed by atoms with Gasteiger partial charge in [-0.05, 0) is 20.3 Å². The average Bonchev–Trinajstić information content (AvgIpc) is 2.87. The number of hydrogen-bond acceptors (Lipinski definition) is 4. The zero-order valence-corrected chi connectivity index (χ0v) is 9.86.